The van der Waals surface area contributed by atoms with Crippen LogP contribution < -0.4 is 5.73 Å². The molecule has 1 rings (SSSR count). The van der Waals surface area contributed by atoms with Crippen LogP contribution in [0.1, 0.15) is 22.3 Å². The van der Waals surface area contributed by atoms with Gasteiger partial charge in [-0.3, -0.25) is 4.79 Å². The highest BCUT2D eigenvalue weighted by Gasteiger charge is 2.08. The van der Waals surface area contributed by atoms with Crippen LogP contribution in [-0.4, -0.2) is 29.1 Å². The lowest BCUT2D eigenvalue weighted by Gasteiger charge is -2.01. The molecule has 1 heterocycles. The zero-order valence-electron chi connectivity index (χ0n) is 9.06. The molecule has 17 heavy (non-hydrogen) atoms. The number of carboxylic acid groups (broad SMARTS) is 1. The van der Waals surface area contributed by atoms with Crippen molar-refractivity contribution >= 4 is 17.8 Å². The fourth-order valence-corrected chi connectivity index (χ4v) is 1.02. The highest BCUT2D eigenvalue weighted by atomic mass is 16.5. The van der Waals surface area contributed by atoms with Gasteiger partial charge in [-0.15, -0.1) is 0 Å². The maximum atomic E-state index is 11.2. The van der Waals surface area contributed by atoms with Crippen LogP contribution in [0.15, 0.2) is 12.3 Å². The van der Waals surface area contributed by atoms with Gasteiger partial charge in [0.25, 0.3) is 0 Å². The van der Waals surface area contributed by atoms with E-state index in [0.717, 1.165) is 0 Å². The van der Waals surface area contributed by atoms with E-state index in [-0.39, 0.29) is 17.8 Å². The first-order chi connectivity index (χ1) is 8.04. The number of nitrogens with zero attached hydrogens (tertiary/aromatic N) is 1. The summed E-state index contributed by atoms with van der Waals surface area (Å²) in [4.78, 5) is 25.3. The minimum atomic E-state index is -1.03. The third-order valence-electron chi connectivity index (χ3n) is 1.80. The van der Waals surface area contributed by atoms with E-state index in [4.69, 9.17) is 10.8 Å². The smallest absolute Gasteiger partial charge is 0.339 e. The van der Waals surface area contributed by atoms with E-state index in [0.29, 0.717) is 5.56 Å². The highest BCUT2D eigenvalue weighted by molar-refractivity contribution is 5.89. The summed E-state index contributed by atoms with van der Waals surface area (Å²) in [6.45, 7) is 0. The molecule has 0 saturated carbocycles. The van der Waals surface area contributed by atoms with Gasteiger partial charge in [-0.2, -0.15) is 0 Å². The maximum Gasteiger partial charge on any atom is 0.339 e. The average Bonchev–Trinajstić information content (AvgIpc) is 2.30. The largest absolute Gasteiger partial charge is 0.481 e. The zero-order chi connectivity index (χ0) is 12.8. The van der Waals surface area contributed by atoms with Crippen LogP contribution in [0.2, 0.25) is 0 Å². The summed E-state index contributed by atoms with van der Waals surface area (Å²) < 4.78 is 4.51. The third-order valence-corrected chi connectivity index (χ3v) is 1.80. The van der Waals surface area contributed by atoms with Crippen molar-refractivity contribution in [2.45, 2.75) is 6.42 Å². The van der Waals surface area contributed by atoms with Gasteiger partial charge in [0.05, 0.1) is 18.2 Å². The summed E-state index contributed by atoms with van der Waals surface area (Å²) in [5.41, 5.74) is 6.04. The molecule has 0 spiro atoms. The van der Waals surface area contributed by atoms with Crippen LogP contribution in [0.5, 0.6) is 0 Å². The number of hydrogen-bond acceptors (Lipinski definition) is 5. The topological polar surface area (TPSA) is 103 Å². The van der Waals surface area contributed by atoms with E-state index in [2.05, 4.69) is 21.6 Å². The number of carbonyl (C=O) groups excluding carboxylic acids is 1. The van der Waals surface area contributed by atoms with Crippen molar-refractivity contribution in [1.29, 1.82) is 0 Å². The van der Waals surface area contributed by atoms with Gasteiger partial charge in [-0.1, -0.05) is 11.8 Å². The molecule has 0 aromatic carbocycles. The maximum absolute atomic E-state index is 11.2. The molecule has 0 radical (unpaired) electrons. The van der Waals surface area contributed by atoms with E-state index in [1.165, 1.54) is 19.4 Å². The van der Waals surface area contributed by atoms with Gasteiger partial charge < -0.3 is 15.6 Å². The fourth-order valence-electron chi connectivity index (χ4n) is 1.02. The van der Waals surface area contributed by atoms with Gasteiger partial charge in [0.1, 0.15) is 12.2 Å². The van der Waals surface area contributed by atoms with Crippen molar-refractivity contribution in [3.63, 3.8) is 0 Å². The van der Waals surface area contributed by atoms with Crippen LogP contribution in [0.4, 0.5) is 5.82 Å². The Bertz CT molecular complexity index is 514. The number of aromatic nitrogens is 1. The molecule has 0 bridgehead atoms. The molecule has 0 aliphatic heterocycles. The van der Waals surface area contributed by atoms with Crippen molar-refractivity contribution in [3.8, 4) is 11.8 Å². The number of rotatable bonds is 2. The molecule has 0 unspecified atom stereocenters. The molecule has 0 amide bonds. The predicted octanol–water partition coefficient (Wildman–Crippen LogP) is 0.277. The monoisotopic (exact) mass is 234 g/mol. The first kappa shape index (κ1) is 12.5. The molecule has 0 fully saturated rings. The Morgan fingerprint density at radius 3 is 2.88 bits per heavy atom. The molecule has 3 N–H and O–H groups in total. The predicted molar refractivity (Wildman–Crippen MR) is 59.1 cm³/mol. The van der Waals surface area contributed by atoms with Crippen molar-refractivity contribution in [2.75, 3.05) is 12.8 Å². The second-order valence-corrected chi connectivity index (χ2v) is 3.02. The van der Waals surface area contributed by atoms with Crippen LogP contribution in [-0.2, 0) is 9.53 Å². The Balaban J connectivity index is 3.01. The second-order valence-electron chi connectivity index (χ2n) is 3.02. The summed E-state index contributed by atoms with van der Waals surface area (Å²) >= 11 is 0. The van der Waals surface area contributed by atoms with E-state index in [1.54, 1.807) is 0 Å². The first-order valence-corrected chi connectivity index (χ1v) is 4.59. The van der Waals surface area contributed by atoms with E-state index in [1.807, 2.05) is 0 Å². The molecule has 88 valence electrons. The quantitative estimate of drug-likeness (QED) is 0.562. The van der Waals surface area contributed by atoms with Crippen LogP contribution in [0.3, 0.4) is 0 Å². The normalized spacial score (nSPS) is 9.00. The average molecular weight is 234 g/mol. The van der Waals surface area contributed by atoms with Gasteiger partial charge in [0.15, 0.2) is 0 Å². The Morgan fingerprint density at radius 1 is 1.59 bits per heavy atom. The van der Waals surface area contributed by atoms with E-state index >= 15 is 0 Å². The minimum Gasteiger partial charge on any atom is -0.481 e. The number of aliphatic carboxylic acids is 1. The molecule has 0 atom stereocenters. The Labute approximate surface area is 97.4 Å². The summed E-state index contributed by atoms with van der Waals surface area (Å²) in [5.74, 6) is 3.49. The van der Waals surface area contributed by atoms with Gasteiger partial charge in [-0.25, -0.2) is 9.78 Å². The lowest BCUT2D eigenvalue weighted by Crippen LogP contribution is -2.04. The number of esters is 1. The summed E-state index contributed by atoms with van der Waals surface area (Å²) in [6.07, 6.45) is 0.964. The Morgan fingerprint density at radius 2 is 2.29 bits per heavy atom. The Hall–Kier alpha value is -2.55. The first-order valence-electron chi connectivity index (χ1n) is 4.59. The van der Waals surface area contributed by atoms with Crippen molar-refractivity contribution in [2.24, 2.45) is 0 Å². The number of hydrogen-bond donors (Lipinski definition) is 2. The van der Waals surface area contributed by atoms with E-state index in [9.17, 15) is 9.59 Å². The summed E-state index contributed by atoms with van der Waals surface area (Å²) in [5, 5.41) is 8.42. The molecule has 6 heteroatoms. The molecule has 6 nitrogen and oxygen atoms in total. The van der Waals surface area contributed by atoms with Crippen LogP contribution >= 0.6 is 0 Å². The number of pyridine rings is 1. The molecule has 1 aromatic rings. The number of carboxylic acids is 1. The molecular formula is C11H10N2O4. The lowest BCUT2D eigenvalue weighted by atomic mass is 10.2. The second kappa shape index (κ2) is 5.51. The number of nitrogens with two attached hydrogens (primary N) is 1. The fraction of sp³-hybridized carbons (Fsp3) is 0.182. The van der Waals surface area contributed by atoms with Gasteiger partial charge in [0, 0.05) is 6.20 Å². The Kier molecular flexibility index (Phi) is 4.06. The zero-order valence-corrected chi connectivity index (χ0v) is 9.06. The van der Waals surface area contributed by atoms with Crippen molar-refractivity contribution in [1.82, 2.24) is 4.98 Å². The SMILES string of the molecule is COC(=O)c1cnc(N)c(C#CCC(=O)O)c1. The molecule has 1 aromatic heterocycles. The number of carbonyl (C=O) groups is 2. The molecular weight excluding hydrogens is 224 g/mol. The standard InChI is InChI=1S/C11H10N2O4/c1-17-11(16)8-5-7(10(12)13-6-8)3-2-4-9(14)15/h5-6H,4H2,1H3,(H2,12,13)(H,14,15). The number of ether oxygens (including phenoxy) is 1. The minimum absolute atomic E-state index is 0.135. The summed E-state index contributed by atoms with van der Waals surface area (Å²) in [6, 6.07) is 1.41. The highest BCUT2D eigenvalue weighted by Crippen LogP contribution is 2.10. The van der Waals surface area contributed by atoms with E-state index < -0.39 is 11.9 Å². The van der Waals surface area contributed by atoms with Crippen LogP contribution in [0, 0.1) is 11.8 Å². The molecule has 0 aliphatic rings. The van der Waals surface area contributed by atoms with Gasteiger partial charge >= 0.3 is 11.9 Å². The lowest BCUT2D eigenvalue weighted by molar-refractivity contribution is -0.135. The number of nitrogen functional groups attached to an aromatic ring is 1. The summed E-state index contributed by atoms with van der Waals surface area (Å²) in [7, 11) is 1.24. The molecule has 0 saturated heterocycles. The number of anilines is 1. The van der Waals surface area contributed by atoms with Gasteiger partial charge in [0.2, 0.25) is 0 Å². The van der Waals surface area contributed by atoms with Gasteiger partial charge in [-0.05, 0) is 6.07 Å². The third kappa shape index (κ3) is 3.50. The van der Waals surface area contributed by atoms with Crippen molar-refractivity contribution < 1.29 is 19.4 Å². The van der Waals surface area contributed by atoms with Crippen molar-refractivity contribution in [3.05, 3.63) is 23.4 Å². The number of methoxy groups -OCH3 is 1. The van der Waals surface area contributed by atoms with Crippen LogP contribution in [0.25, 0.3) is 0 Å². The molecule has 0 aliphatic carbocycles.